The first kappa shape index (κ1) is 19.9. The van der Waals surface area contributed by atoms with Crippen LogP contribution in [0.15, 0.2) is 53.4 Å². The predicted octanol–water partition coefficient (Wildman–Crippen LogP) is 3.10. The van der Waals surface area contributed by atoms with Crippen molar-refractivity contribution in [2.45, 2.75) is 24.0 Å². The van der Waals surface area contributed by atoms with Crippen molar-refractivity contribution < 1.29 is 26.4 Å². The molecule has 0 heterocycles. The van der Waals surface area contributed by atoms with E-state index in [0.717, 1.165) is 12.1 Å². The molecule has 2 aromatic rings. The fraction of sp³-hybridized carbons (Fsp3) is 0.235. The standard InChI is InChI=1S/C17H17F3N2O3S/c1-11(12-6-8-14(9-7-12)17(18,19)20)22-16(23)13-4-3-5-15(10-13)26(24,25)21-2/h3-11,21H,1-2H3,(H,22,23). The van der Waals surface area contributed by atoms with Crippen LogP contribution in [0.3, 0.4) is 0 Å². The number of carbonyl (C=O) groups is 1. The van der Waals surface area contributed by atoms with Gasteiger partial charge in [0.05, 0.1) is 16.5 Å². The molecule has 0 aliphatic heterocycles. The molecule has 140 valence electrons. The maximum Gasteiger partial charge on any atom is 0.416 e. The number of amides is 1. The van der Waals surface area contributed by atoms with E-state index in [2.05, 4.69) is 10.0 Å². The van der Waals surface area contributed by atoms with Gasteiger partial charge in [-0.15, -0.1) is 0 Å². The molecule has 0 aliphatic carbocycles. The molecule has 1 atom stereocenters. The SMILES string of the molecule is CNS(=O)(=O)c1cccc(C(=O)NC(C)c2ccc(C(F)(F)F)cc2)c1. The third kappa shape index (κ3) is 4.61. The lowest BCUT2D eigenvalue weighted by atomic mass is 10.1. The Bertz CT molecular complexity index is 894. The number of nitrogens with one attached hydrogen (secondary N) is 2. The van der Waals surface area contributed by atoms with Gasteiger partial charge in [0.2, 0.25) is 10.0 Å². The van der Waals surface area contributed by atoms with E-state index in [9.17, 15) is 26.4 Å². The van der Waals surface area contributed by atoms with Crippen molar-refractivity contribution in [2.75, 3.05) is 7.05 Å². The topological polar surface area (TPSA) is 75.3 Å². The van der Waals surface area contributed by atoms with Gasteiger partial charge in [-0.1, -0.05) is 18.2 Å². The van der Waals surface area contributed by atoms with E-state index in [1.165, 1.54) is 43.4 Å². The second kappa shape index (κ2) is 7.46. The molecule has 1 unspecified atom stereocenters. The molecule has 0 radical (unpaired) electrons. The second-order valence-electron chi connectivity index (χ2n) is 5.55. The van der Waals surface area contributed by atoms with Crippen molar-refractivity contribution in [3.05, 3.63) is 65.2 Å². The Kier molecular flexibility index (Phi) is 5.72. The van der Waals surface area contributed by atoms with Crippen molar-refractivity contribution in [3.63, 3.8) is 0 Å². The first-order valence-corrected chi connectivity index (χ1v) is 9.04. The van der Waals surface area contributed by atoms with Crippen molar-refractivity contribution in [3.8, 4) is 0 Å². The fourth-order valence-electron chi connectivity index (χ4n) is 2.25. The zero-order valence-corrected chi connectivity index (χ0v) is 14.8. The quantitative estimate of drug-likeness (QED) is 0.829. The summed E-state index contributed by atoms with van der Waals surface area (Å²) in [7, 11) is -2.43. The van der Waals surface area contributed by atoms with Crippen molar-refractivity contribution >= 4 is 15.9 Å². The molecule has 5 nitrogen and oxygen atoms in total. The van der Waals surface area contributed by atoms with Gasteiger partial charge in [0.15, 0.2) is 0 Å². The minimum Gasteiger partial charge on any atom is -0.346 e. The molecule has 0 bridgehead atoms. The summed E-state index contributed by atoms with van der Waals surface area (Å²) in [6.07, 6.45) is -4.43. The van der Waals surface area contributed by atoms with E-state index in [0.29, 0.717) is 5.56 Å². The molecule has 0 fully saturated rings. The summed E-state index contributed by atoms with van der Waals surface area (Å²) in [4.78, 5) is 12.3. The molecular weight excluding hydrogens is 369 g/mol. The average molecular weight is 386 g/mol. The molecule has 26 heavy (non-hydrogen) atoms. The van der Waals surface area contributed by atoms with Gasteiger partial charge in [0, 0.05) is 5.56 Å². The molecule has 2 N–H and O–H groups in total. The van der Waals surface area contributed by atoms with Crippen LogP contribution in [0.2, 0.25) is 0 Å². The highest BCUT2D eigenvalue weighted by Crippen LogP contribution is 2.29. The van der Waals surface area contributed by atoms with Gasteiger partial charge < -0.3 is 5.32 Å². The number of sulfonamides is 1. The molecule has 0 aliphatic rings. The zero-order valence-electron chi connectivity index (χ0n) is 14.0. The minimum atomic E-state index is -4.43. The normalized spacial score (nSPS) is 13.3. The van der Waals surface area contributed by atoms with Crippen LogP contribution in [0.25, 0.3) is 0 Å². The van der Waals surface area contributed by atoms with Crippen molar-refractivity contribution in [1.82, 2.24) is 10.0 Å². The van der Waals surface area contributed by atoms with Crippen LogP contribution < -0.4 is 10.0 Å². The molecule has 0 saturated carbocycles. The van der Waals surface area contributed by atoms with E-state index < -0.39 is 33.7 Å². The lowest BCUT2D eigenvalue weighted by molar-refractivity contribution is -0.137. The Morgan fingerprint density at radius 1 is 1.08 bits per heavy atom. The summed E-state index contributed by atoms with van der Waals surface area (Å²) in [5, 5.41) is 2.63. The number of halogens is 3. The van der Waals surface area contributed by atoms with E-state index in [1.807, 2.05) is 0 Å². The maximum absolute atomic E-state index is 12.6. The van der Waals surface area contributed by atoms with Crippen molar-refractivity contribution in [2.24, 2.45) is 0 Å². The zero-order chi connectivity index (χ0) is 19.5. The molecular formula is C17H17F3N2O3S. The Morgan fingerprint density at radius 3 is 2.23 bits per heavy atom. The van der Waals surface area contributed by atoms with E-state index in [1.54, 1.807) is 6.92 Å². The Labute approximate surface area is 149 Å². The highest BCUT2D eigenvalue weighted by atomic mass is 32.2. The van der Waals surface area contributed by atoms with Crippen molar-refractivity contribution in [1.29, 1.82) is 0 Å². The lowest BCUT2D eigenvalue weighted by Gasteiger charge is -2.16. The van der Waals surface area contributed by atoms with Crippen LogP contribution in [0.5, 0.6) is 0 Å². The first-order chi connectivity index (χ1) is 12.0. The van der Waals surface area contributed by atoms with Gasteiger partial charge in [-0.3, -0.25) is 4.79 Å². The van der Waals surface area contributed by atoms with Gasteiger partial charge in [0.1, 0.15) is 0 Å². The summed E-state index contributed by atoms with van der Waals surface area (Å²) in [5.74, 6) is -0.537. The summed E-state index contributed by atoms with van der Waals surface area (Å²) in [6.45, 7) is 1.62. The fourth-order valence-corrected chi connectivity index (χ4v) is 3.02. The summed E-state index contributed by atoms with van der Waals surface area (Å²) in [5.41, 5.74) is -0.157. The smallest absolute Gasteiger partial charge is 0.346 e. The van der Waals surface area contributed by atoms with Crippen LogP contribution in [-0.4, -0.2) is 21.4 Å². The highest BCUT2D eigenvalue weighted by molar-refractivity contribution is 7.89. The largest absolute Gasteiger partial charge is 0.416 e. The number of hydrogen-bond donors (Lipinski definition) is 2. The molecule has 2 rings (SSSR count). The summed E-state index contributed by atoms with van der Waals surface area (Å²) in [6, 6.07) is 9.35. The Balaban J connectivity index is 2.16. The Hall–Kier alpha value is -2.39. The molecule has 9 heteroatoms. The molecule has 0 aromatic heterocycles. The monoisotopic (exact) mass is 386 g/mol. The number of hydrogen-bond acceptors (Lipinski definition) is 3. The number of alkyl halides is 3. The van der Waals surface area contributed by atoms with Gasteiger partial charge in [-0.25, -0.2) is 13.1 Å². The van der Waals surface area contributed by atoms with Gasteiger partial charge in [-0.2, -0.15) is 13.2 Å². The average Bonchev–Trinajstić information content (AvgIpc) is 2.61. The molecule has 0 saturated heterocycles. The highest BCUT2D eigenvalue weighted by Gasteiger charge is 2.30. The lowest BCUT2D eigenvalue weighted by Crippen LogP contribution is -2.27. The van der Waals surface area contributed by atoms with Gasteiger partial charge in [0.25, 0.3) is 5.91 Å². The third-order valence-corrected chi connectivity index (χ3v) is 5.17. The van der Waals surface area contributed by atoms with Crippen LogP contribution in [0.4, 0.5) is 13.2 Å². The van der Waals surface area contributed by atoms with E-state index in [-0.39, 0.29) is 10.5 Å². The Morgan fingerprint density at radius 2 is 1.69 bits per heavy atom. The summed E-state index contributed by atoms with van der Waals surface area (Å²) < 4.78 is 63.5. The predicted molar refractivity (Wildman–Crippen MR) is 90.0 cm³/mol. The van der Waals surface area contributed by atoms with Crippen LogP contribution in [-0.2, 0) is 16.2 Å². The van der Waals surface area contributed by atoms with Gasteiger partial charge >= 0.3 is 6.18 Å². The van der Waals surface area contributed by atoms with E-state index >= 15 is 0 Å². The van der Waals surface area contributed by atoms with Crippen LogP contribution >= 0.6 is 0 Å². The number of benzene rings is 2. The van der Waals surface area contributed by atoms with Crippen LogP contribution in [0, 0.1) is 0 Å². The summed E-state index contributed by atoms with van der Waals surface area (Å²) >= 11 is 0. The van der Waals surface area contributed by atoms with E-state index in [4.69, 9.17) is 0 Å². The van der Waals surface area contributed by atoms with Gasteiger partial charge in [-0.05, 0) is 49.9 Å². The molecule has 2 aromatic carbocycles. The second-order valence-corrected chi connectivity index (χ2v) is 7.44. The maximum atomic E-state index is 12.6. The molecule has 0 spiro atoms. The first-order valence-electron chi connectivity index (χ1n) is 7.56. The number of carbonyl (C=O) groups excluding carboxylic acids is 1. The van der Waals surface area contributed by atoms with Crippen LogP contribution in [0.1, 0.15) is 34.5 Å². The third-order valence-electron chi connectivity index (χ3n) is 3.76. The number of rotatable bonds is 5. The minimum absolute atomic E-state index is 0.0603. The molecule has 1 amide bonds.